The number of non-ortho nitro benzene ring substituents is 1. The van der Waals surface area contributed by atoms with Crippen molar-refractivity contribution in [2.75, 3.05) is 29.5 Å². The fourth-order valence-electron chi connectivity index (χ4n) is 2.99. The van der Waals surface area contributed by atoms with Gasteiger partial charge in [-0.1, -0.05) is 29.8 Å². The number of nitrogens with one attached hydrogen (secondary N) is 1. The van der Waals surface area contributed by atoms with Crippen LogP contribution in [0.15, 0.2) is 66.7 Å². The van der Waals surface area contributed by atoms with Gasteiger partial charge in [0.15, 0.2) is 5.75 Å². The fourth-order valence-corrected chi connectivity index (χ4v) is 4.02. The van der Waals surface area contributed by atoms with Crippen molar-refractivity contribution in [3.8, 4) is 17.2 Å². The lowest BCUT2D eigenvalue weighted by atomic mass is 10.2. The van der Waals surface area contributed by atoms with Gasteiger partial charge in [0.05, 0.1) is 24.0 Å². The largest absolute Gasteiger partial charge is 0.495 e. The Balaban J connectivity index is 1.91. The number of rotatable bonds is 9. The molecule has 0 aliphatic carbocycles. The van der Waals surface area contributed by atoms with E-state index in [-0.39, 0.29) is 28.6 Å². The smallest absolute Gasteiger partial charge is 0.271 e. The van der Waals surface area contributed by atoms with Crippen LogP contribution in [-0.4, -0.2) is 39.2 Å². The first-order valence-electron chi connectivity index (χ1n) is 9.71. The molecule has 10 nitrogen and oxygen atoms in total. The lowest BCUT2D eigenvalue weighted by Gasteiger charge is -2.23. The SMILES string of the molecule is COc1ccc([N+](=O)[O-])cc1N(CC(=O)Nc1cc(Cl)ccc1Oc1ccccc1)S(C)(=O)=O. The lowest BCUT2D eigenvalue weighted by Crippen LogP contribution is -2.37. The summed E-state index contributed by atoms with van der Waals surface area (Å²) in [6.45, 7) is -0.687. The average molecular weight is 506 g/mol. The molecule has 0 aliphatic heterocycles. The zero-order valence-corrected chi connectivity index (χ0v) is 19.7. The maximum Gasteiger partial charge on any atom is 0.271 e. The molecule has 3 aromatic rings. The molecule has 0 saturated heterocycles. The molecule has 178 valence electrons. The summed E-state index contributed by atoms with van der Waals surface area (Å²) in [5.41, 5.74) is -0.305. The van der Waals surface area contributed by atoms with E-state index in [1.165, 1.54) is 25.3 Å². The second-order valence-electron chi connectivity index (χ2n) is 6.99. The molecule has 3 aromatic carbocycles. The summed E-state index contributed by atoms with van der Waals surface area (Å²) >= 11 is 6.07. The van der Waals surface area contributed by atoms with Gasteiger partial charge in [0.25, 0.3) is 5.69 Å². The van der Waals surface area contributed by atoms with E-state index in [0.29, 0.717) is 10.8 Å². The highest BCUT2D eigenvalue weighted by Gasteiger charge is 2.26. The number of ether oxygens (including phenoxy) is 2. The van der Waals surface area contributed by atoms with Gasteiger partial charge in [0.1, 0.15) is 23.7 Å². The second-order valence-corrected chi connectivity index (χ2v) is 9.33. The minimum absolute atomic E-state index is 0.0414. The number of nitro benzene ring substituents is 1. The standard InChI is InChI=1S/C22H20ClN3O7S/c1-32-21-11-9-16(26(28)29)13-19(21)25(34(2,30)31)14-22(27)24-18-12-15(23)8-10-20(18)33-17-6-4-3-5-7-17/h3-13H,14H2,1-2H3,(H,24,27). The van der Waals surface area contributed by atoms with Gasteiger partial charge in [-0.3, -0.25) is 19.2 Å². The van der Waals surface area contributed by atoms with Crippen LogP contribution >= 0.6 is 11.6 Å². The van der Waals surface area contributed by atoms with Crippen molar-refractivity contribution in [1.29, 1.82) is 0 Å². The predicted octanol–water partition coefficient (Wildman–Crippen LogP) is 4.45. The van der Waals surface area contributed by atoms with E-state index >= 15 is 0 Å². The Morgan fingerprint density at radius 2 is 1.76 bits per heavy atom. The zero-order valence-electron chi connectivity index (χ0n) is 18.1. The van der Waals surface area contributed by atoms with Gasteiger partial charge in [-0.15, -0.1) is 0 Å². The molecule has 0 radical (unpaired) electrons. The van der Waals surface area contributed by atoms with Crippen molar-refractivity contribution >= 4 is 44.6 Å². The van der Waals surface area contributed by atoms with E-state index in [1.807, 2.05) is 6.07 Å². The summed E-state index contributed by atoms with van der Waals surface area (Å²) in [4.78, 5) is 23.4. The monoisotopic (exact) mass is 505 g/mol. The first kappa shape index (κ1) is 24.8. The van der Waals surface area contributed by atoms with Crippen molar-refractivity contribution in [1.82, 2.24) is 0 Å². The number of hydrogen-bond donors (Lipinski definition) is 1. The Morgan fingerprint density at radius 3 is 2.38 bits per heavy atom. The Kier molecular flexibility index (Phi) is 7.59. The van der Waals surface area contributed by atoms with Gasteiger partial charge in [0.2, 0.25) is 15.9 Å². The van der Waals surface area contributed by atoms with E-state index < -0.39 is 27.4 Å². The summed E-state index contributed by atoms with van der Waals surface area (Å²) in [6, 6.07) is 16.9. The van der Waals surface area contributed by atoms with E-state index in [4.69, 9.17) is 21.1 Å². The molecule has 0 atom stereocenters. The van der Waals surface area contributed by atoms with Crippen LogP contribution < -0.4 is 19.1 Å². The van der Waals surface area contributed by atoms with Crippen molar-refractivity contribution in [2.45, 2.75) is 0 Å². The summed E-state index contributed by atoms with van der Waals surface area (Å²) in [5.74, 6) is 0.0982. The molecule has 0 aromatic heterocycles. The van der Waals surface area contributed by atoms with Crippen LogP contribution in [0.3, 0.4) is 0 Å². The average Bonchev–Trinajstić information content (AvgIpc) is 2.78. The number of para-hydroxylation sites is 1. The molecule has 0 unspecified atom stereocenters. The Labute approximate surface area is 200 Å². The third-order valence-corrected chi connectivity index (χ3v) is 5.88. The van der Waals surface area contributed by atoms with Crippen molar-refractivity contribution < 1.29 is 27.6 Å². The zero-order chi connectivity index (χ0) is 24.9. The molecule has 1 N–H and O–H groups in total. The summed E-state index contributed by atoms with van der Waals surface area (Å²) < 4.78 is 36.7. The van der Waals surface area contributed by atoms with E-state index in [2.05, 4.69) is 5.32 Å². The number of sulfonamides is 1. The number of amides is 1. The molecule has 0 heterocycles. The van der Waals surface area contributed by atoms with Crippen LogP contribution in [0.5, 0.6) is 17.2 Å². The van der Waals surface area contributed by atoms with Crippen molar-refractivity contribution in [2.24, 2.45) is 0 Å². The van der Waals surface area contributed by atoms with Gasteiger partial charge in [-0.2, -0.15) is 0 Å². The van der Waals surface area contributed by atoms with Crippen LogP contribution in [0.25, 0.3) is 0 Å². The molecule has 3 rings (SSSR count). The third kappa shape index (κ3) is 6.15. The number of hydrogen-bond acceptors (Lipinski definition) is 7. The van der Waals surface area contributed by atoms with Gasteiger partial charge in [-0.25, -0.2) is 8.42 Å². The molecular formula is C22H20ClN3O7S. The highest BCUT2D eigenvalue weighted by Crippen LogP contribution is 2.35. The number of methoxy groups -OCH3 is 1. The molecule has 0 spiro atoms. The highest BCUT2D eigenvalue weighted by atomic mass is 35.5. The van der Waals surface area contributed by atoms with Crippen LogP contribution in [0.4, 0.5) is 17.1 Å². The summed E-state index contributed by atoms with van der Waals surface area (Å²) in [7, 11) is -2.75. The molecule has 1 amide bonds. The minimum atomic E-state index is -4.03. The molecule has 0 fully saturated rings. The molecule has 0 bridgehead atoms. The number of nitro groups is 1. The lowest BCUT2D eigenvalue weighted by molar-refractivity contribution is -0.384. The quantitative estimate of drug-likeness (QED) is 0.336. The van der Waals surface area contributed by atoms with Gasteiger partial charge in [0, 0.05) is 17.2 Å². The number of nitrogens with zero attached hydrogens (tertiary/aromatic N) is 2. The van der Waals surface area contributed by atoms with Gasteiger partial charge < -0.3 is 14.8 Å². The fraction of sp³-hybridized carbons (Fsp3) is 0.136. The number of carbonyl (C=O) groups excluding carboxylic acids is 1. The molecule has 12 heteroatoms. The number of benzene rings is 3. The Morgan fingerprint density at radius 1 is 1.09 bits per heavy atom. The van der Waals surface area contributed by atoms with Gasteiger partial charge >= 0.3 is 0 Å². The number of anilines is 2. The van der Waals surface area contributed by atoms with Crippen LogP contribution in [0.1, 0.15) is 0 Å². The van der Waals surface area contributed by atoms with E-state index in [9.17, 15) is 23.3 Å². The molecule has 0 saturated carbocycles. The topological polar surface area (TPSA) is 128 Å². The maximum atomic E-state index is 12.9. The third-order valence-electron chi connectivity index (χ3n) is 4.52. The highest BCUT2D eigenvalue weighted by molar-refractivity contribution is 7.92. The Bertz CT molecular complexity index is 1320. The number of carbonyl (C=O) groups is 1. The summed E-state index contributed by atoms with van der Waals surface area (Å²) in [5, 5.41) is 14.1. The maximum absolute atomic E-state index is 12.9. The second kappa shape index (κ2) is 10.4. The minimum Gasteiger partial charge on any atom is -0.495 e. The summed E-state index contributed by atoms with van der Waals surface area (Å²) in [6.07, 6.45) is 0.877. The van der Waals surface area contributed by atoms with Gasteiger partial charge in [-0.05, 0) is 36.4 Å². The van der Waals surface area contributed by atoms with Crippen LogP contribution in [0.2, 0.25) is 5.02 Å². The molecule has 34 heavy (non-hydrogen) atoms. The first-order valence-corrected chi connectivity index (χ1v) is 11.9. The van der Waals surface area contributed by atoms with E-state index in [0.717, 1.165) is 16.6 Å². The predicted molar refractivity (Wildman–Crippen MR) is 128 cm³/mol. The van der Waals surface area contributed by atoms with Crippen molar-refractivity contribution in [3.63, 3.8) is 0 Å². The normalized spacial score (nSPS) is 10.9. The molecular weight excluding hydrogens is 486 g/mol. The number of halogens is 1. The molecule has 0 aliphatic rings. The van der Waals surface area contributed by atoms with Crippen LogP contribution in [0, 0.1) is 10.1 Å². The Hall–Kier alpha value is -3.83. The van der Waals surface area contributed by atoms with E-state index in [1.54, 1.807) is 36.4 Å². The van der Waals surface area contributed by atoms with Crippen LogP contribution in [-0.2, 0) is 14.8 Å². The first-order chi connectivity index (χ1) is 16.1. The van der Waals surface area contributed by atoms with Crippen molar-refractivity contribution in [3.05, 3.63) is 81.9 Å².